The molecule has 0 N–H and O–H groups in total. The summed E-state index contributed by atoms with van der Waals surface area (Å²) in [6.45, 7) is 4.53. The van der Waals surface area contributed by atoms with Crippen molar-refractivity contribution in [2.75, 3.05) is 0 Å². The molecule has 0 fully saturated rings. The first-order valence-corrected chi connectivity index (χ1v) is 11.1. The Morgan fingerprint density at radius 3 is 2.23 bits per heavy atom. The highest BCUT2D eigenvalue weighted by Gasteiger charge is 2.25. The van der Waals surface area contributed by atoms with Crippen molar-refractivity contribution in [3.05, 3.63) is 106 Å². The van der Waals surface area contributed by atoms with Crippen molar-refractivity contribution in [2.45, 2.75) is 39.5 Å². The molecule has 3 aliphatic rings. The molecule has 146 valence electrons. The summed E-state index contributed by atoms with van der Waals surface area (Å²) in [6.07, 6.45) is 4.55. The fraction of sp³-hybridized carbons (Fsp3) is 0.200. The van der Waals surface area contributed by atoms with E-state index in [-0.39, 0.29) is 0 Å². The van der Waals surface area contributed by atoms with E-state index in [0.717, 1.165) is 19.3 Å². The van der Waals surface area contributed by atoms with Crippen LogP contribution in [0.25, 0.3) is 33.4 Å². The van der Waals surface area contributed by atoms with Crippen LogP contribution in [0.4, 0.5) is 0 Å². The molecule has 0 nitrogen and oxygen atoms in total. The van der Waals surface area contributed by atoms with Crippen LogP contribution in [0.1, 0.15) is 39.8 Å². The summed E-state index contributed by atoms with van der Waals surface area (Å²) < 4.78 is 0. The molecule has 0 heteroatoms. The molecule has 0 aromatic heterocycles. The normalized spacial score (nSPS) is 13.8. The van der Waals surface area contributed by atoms with E-state index in [1.165, 1.54) is 67.6 Å². The summed E-state index contributed by atoms with van der Waals surface area (Å²) in [5, 5.41) is 0. The van der Waals surface area contributed by atoms with Crippen LogP contribution in [0.3, 0.4) is 0 Å². The lowest BCUT2D eigenvalue weighted by Crippen LogP contribution is -1.96. The second-order valence-electron chi connectivity index (χ2n) is 8.98. The van der Waals surface area contributed by atoms with Gasteiger partial charge in [0.05, 0.1) is 0 Å². The molecule has 7 rings (SSSR count). The molecule has 6 bridgehead atoms. The van der Waals surface area contributed by atoms with Crippen LogP contribution in [0.15, 0.2) is 72.8 Å². The molecule has 0 atom stereocenters. The third-order valence-electron chi connectivity index (χ3n) is 7.14. The number of hydrogen-bond acceptors (Lipinski definition) is 0. The van der Waals surface area contributed by atoms with Crippen LogP contribution in [-0.4, -0.2) is 0 Å². The molecule has 0 aliphatic heterocycles. The van der Waals surface area contributed by atoms with Crippen LogP contribution in [0.5, 0.6) is 0 Å². The maximum Gasteiger partial charge on any atom is -0.000445 e. The summed E-state index contributed by atoms with van der Waals surface area (Å²) >= 11 is 0. The molecule has 0 spiro atoms. The lowest BCUT2D eigenvalue weighted by Gasteiger charge is -2.16. The van der Waals surface area contributed by atoms with E-state index in [0.29, 0.717) is 0 Å². The molecule has 0 amide bonds. The first-order chi connectivity index (χ1) is 14.7. The summed E-state index contributed by atoms with van der Waals surface area (Å²) in [5.41, 5.74) is 17.1. The molecular formula is C30H26. The molecule has 0 radical (unpaired) electrons. The van der Waals surface area contributed by atoms with Crippen LogP contribution in [-0.2, 0) is 19.3 Å². The number of hydrogen-bond donors (Lipinski definition) is 0. The highest BCUT2D eigenvalue weighted by atomic mass is 14.3. The molecule has 0 heterocycles. The molecule has 4 aromatic carbocycles. The Bertz CT molecular complexity index is 1290. The van der Waals surface area contributed by atoms with Gasteiger partial charge in [-0.1, -0.05) is 66.7 Å². The minimum Gasteiger partial charge on any atom is -0.0614 e. The van der Waals surface area contributed by atoms with Gasteiger partial charge < -0.3 is 0 Å². The Balaban J connectivity index is 1.66. The van der Waals surface area contributed by atoms with E-state index in [1.807, 2.05) is 0 Å². The second-order valence-corrected chi connectivity index (χ2v) is 8.98. The first-order valence-electron chi connectivity index (χ1n) is 11.1. The third-order valence-corrected chi connectivity index (χ3v) is 7.14. The van der Waals surface area contributed by atoms with Crippen LogP contribution < -0.4 is 0 Å². The molecule has 30 heavy (non-hydrogen) atoms. The molecule has 4 aromatic rings. The summed E-state index contributed by atoms with van der Waals surface area (Å²) in [6, 6.07) is 27.8. The minimum absolute atomic E-state index is 1.06. The van der Waals surface area contributed by atoms with Gasteiger partial charge in [-0.05, 0) is 112 Å². The van der Waals surface area contributed by atoms with Gasteiger partial charge in [-0.25, -0.2) is 0 Å². The van der Waals surface area contributed by atoms with Gasteiger partial charge in [0, 0.05) is 0 Å². The Morgan fingerprint density at radius 1 is 0.600 bits per heavy atom. The van der Waals surface area contributed by atoms with Crippen molar-refractivity contribution in [3.63, 3.8) is 0 Å². The van der Waals surface area contributed by atoms with Gasteiger partial charge in [-0.3, -0.25) is 0 Å². The van der Waals surface area contributed by atoms with Crippen LogP contribution in [0.2, 0.25) is 0 Å². The van der Waals surface area contributed by atoms with Crippen molar-refractivity contribution >= 4 is 0 Å². The largest absolute Gasteiger partial charge is 0.0614 e. The Morgan fingerprint density at radius 2 is 1.37 bits per heavy atom. The van der Waals surface area contributed by atoms with E-state index in [4.69, 9.17) is 0 Å². The first kappa shape index (κ1) is 17.7. The zero-order chi connectivity index (χ0) is 20.2. The molecule has 0 unspecified atom stereocenters. The van der Waals surface area contributed by atoms with Crippen molar-refractivity contribution < 1.29 is 0 Å². The minimum atomic E-state index is 1.06. The quantitative estimate of drug-likeness (QED) is 0.256. The zero-order valence-corrected chi connectivity index (χ0v) is 17.8. The standard InChI is InChI=1S/C30H26/c1-19-9-13-24-17-27(19)30-20(2)10-16-26-25-8-4-7-23(28(25)18-29(26)30)6-3-5-21-11-14-22(24)15-12-21/h4,7-17H,3,5-6,18H2,1-2H3. The molecule has 3 aliphatic carbocycles. The lowest BCUT2D eigenvalue weighted by atomic mass is 9.87. The summed E-state index contributed by atoms with van der Waals surface area (Å²) in [7, 11) is 0. The summed E-state index contributed by atoms with van der Waals surface area (Å²) in [4.78, 5) is 0. The van der Waals surface area contributed by atoms with E-state index in [2.05, 4.69) is 86.6 Å². The van der Waals surface area contributed by atoms with E-state index in [9.17, 15) is 0 Å². The van der Waals surface area contributed by atoms with E-state index < -0.39 is 0 Å². The smallest absolute Gasteiger partial charge is 0.000445 e. The monoisotopic (exact) mass is 386 g/mol. The van der Waals surface area contributed by atoms with E-state index >= 15 is 0 Å². The maximum atomic E-state index is 2.41. The van der Waals surface area contributed by atoms with E-state index in [1.54, 1.807) is 5.56 Å². The van der Waals surface area contributed by atoms with Gasteiger partial charge >= 0.3 is 0 Å². The highest BCUT2D eigenvalue weighted by Crippen LogP contribution is 2.45. The zero-order valence-electron chi connectivity index (χ0n) is 17.8. The van der Waals surface area contributed by atoms with Gasteiger partial charge in [0.15, 0.2) is 0 Å². The Kier molecular flexibility index (Phi) is 3.96. The molecular weight excluding hydrogens is 360 g/mol. The maximum absolute atomic E-state index is 2.41. The number of aryl methyl sites for hydroxylation is 4. The number of benzene rings is 4. The lowest BCUT2D eigenvalue weighted by molar-refractivity contribution is 0.814. The van der Waals surface area contributed by atoms with Gasteiger partial charge in [0.2, 0.25) is 0 Å². The molecule has 0 saturated carbocycles. The fourth-order valence-corrected chi connectivity index (χ4v) is 5.50. The van der Waals surface area contributed by atoms with Crippen LogP contribution in [0, 0.1) is 13.8 Å². The average molecular weight is 387 g/mol. The van der Waals surface area contributed by atoms with Gasteiger partial charge in [0.1, 0.15) is 0 Å². The Hall–Kier alpha value is -3.12. The predicted molar refractivity (Wildman–Crippen MR) is 127 cm³/mol. The Labute approximate surface area is 179 Å². The van der Waals surface area contributed by atoms with Crippen LogP contribution >= 0.6 is 0 Å². The van der Waals surface area contributed by atoms with Gasteiger partial charge in [0.25, 0.3) is 0 Å². The number of fused-ring (bicyclic) bond motifs is 5. The SMILES string of the molecule is Cc1ccc2cc1-c1c(C)ccc3c1Cc1c(cccc1-3)CCCc1ccc-2cc1. The second kappa shape index (κ2) is 6.71. The fourth-order valence-electron chi connectivity index (χ4n) is 5.50. The summed E-state index contributed by atoms with van der Waals surface area (Å²) in [5.74, 6) is 0. The van der Waals surface area contributed by atoms with Crippen molar-refractivity contribution in [1.82, 2.24) is 0 Å². The molecule has 0 saturated heterocycles. The van der Waals surface area contributed by atoms with Gasteiger partial charge in [-0.15, -0.1) is 0 Å². The number of rotatable bonds is 0. The van der Waals surface area contributed by atoms with Crippen molar-refractivity contribution in [3.8, 4) is 33.4 Å². The topological polar surface area (TPSA) is 0 Å². The van der Waals surface area contributed by atoms with Gasteiger partial charge in [-0.2, -0.15) is 0 Å². The average Bonchev–Trinajstić information content (AvgIpc) is 3.14. The van der Waals surface area contributed by atoms with Crippen molar-refractivity contribution in [2.24, 2.45) is 0 Å². The predicted octanol–water partition coefficient (Wildman–Crippen LogP) is 7.70. The third kappa shape index (κ3) is 2.67. The highest BCUT2D eigenvalue weighted by molar-refractivity contribution is 5.89. The van der Waals surface area contributed by atoms with Crippen molar-refractivity contribution in [1.29, 1.82) is 0 Å².